The van der Waals surface area contributed by atoms with Crippen molar-refractivity contribution in [2.24, 2.45) is 0 Å². The summed E-state index contributed by atoms with van der Waals surface area (Å²) in [7, 11) is 0. The molecule has 2 fully saturated rings. The molecule has 6 rings (SSSR count). The molecule has 4 aromatic rings. The minimum atomic E-state index is -1.37. The van der Waals surface area contributed by atoms with Crippen molar-refractivity contribution < 1.29 is 58.4 Å². The average Bonchev–Trinajstić information content (AvgIpc) is 3.27. The van der Waals surface area contributed by atoms with Crippen LogP contribution in [0.1, 0.15) is 92.0 Å². The second-order valence-electron chi connectivity index (χ2n) is 18.9. The third-order valence-corrected chi connectivity index (χ3v) is 9.91. The van der Waals surface area contributed by atoms with Gasteiger partial charge in [-0.25, -0.2) is 0 Å². The smallest absolute Gasteiger partial charge is 0.252 e. The fraction of sp³-hybridized carbons (Fsp3) is 0.609. The highest BCUT2D eigenvalue weighted by atomic mass is 16.7. The Kier molecular flexibility index (Phi) is 18.6. The number of nitrogens with zero attached hydrogens (tertiary/aromatic N) is 8. The van der Waals surface area contributed by atoms with E-state index in [1.165, 1.54) is 0 Å². The maximum atomic E-state index is 13.1. The van der Waals surface area contributed by atoms with Gasteiger partial charge in [-0.2, -0.15) is 0 Å². The highest BCUT2D eigenvalue weighted by Crippen LogP contribution is 2.30. The number of aromatic nitrogens is 8. The zero-order valence-corrected chi connectivity index (χ0v) is 40.6. The summed E-state index contributed by atoms with van der Waals surface area (Å²) in [6.07, 6.45) is -12.9. The summed E-state index contributed by atoms with van der Waals surface area (Å²) < 4.78 is 34.5. The molecule has 2 amide bonds. The first kappa shape index (κ1) is 53.8. The largest absolute Gasteiger partial charge is 0.387 e. The molecule has 6 N–H and O–H groups in total. The molecule has 0 aliphatic carbocycles. The zero-order chi connectivity index (χ0) is 50.1. The summed E-state index contributed by atoms with van der Waals surface area (Å²) in [6, 6.07) is 14.5. The van der Waals surface area contributed by atoms with E-state index in [4.69, 9.17) is 28.4 Å². The number of carbonyl (C=O) groups is 2. The number of rotatable bonds is 14. The molecule has 2 aliphatic heterocycles. The minimum Gasteiger partial charge on any atom is -0.387 e. The molecule has 2 aliphatic rings. The molecule has 22 nitrogen and oxygen atoms in total. The van der Waals surface area contributed by atoms with Crippen LogP contribution in [-0.4, -0.2) is 158 Å². The number of aryl methyl sites for hydroxylation is 2. The lowest BCUT2D eigenvalue weighted by atomic mass is 9.96. The summed E-state index contributed by atoms with van der Waals surface area (Å²) in [5, 5.41) is 79.6. The standard InChI is InChI=1S/2C23H33N5O6/c2*1-12(2)32-22-17(30)16(29)18(34-23(4,5)6)19(33-22)21(31)24-11-14-7-9-15(10-8-14)20-27-25-13(3)26-28-20/h2*7-10,12,16-19,22,29-30H,11H2,1-6H3,(H,24,31)/t2*16?,17-,18+,19?,22-/m11/s1. The van der Waals surface area contributed by atoms with Crippen molar-refractivity contribution >= 4 is 11.8 Å². The maximum Gasteiger partial charge on any atom is 0.252 e. The van der Waals surface area contributed by atoms with E-state index in [9.17, 15) is 30.0 Å². The first-order chi connectivity index (χ1) is 31.9. The molecule has 0 bridgehead atoms. The van der Waals surface area contributed by atoms with Gasteiger partial charge in [-0.1, -0.05) is 48.5 Å². The van der Waals surface area contributed by atoms with Crippen LogP contribution < -0.4 is 10.6 Å². The van der Waals surface area contributed by atoms with Crippen LogP contribution in [-0.2, 0) is 51.1 Å². The Balaban J connectivity index is 0.000000254. The van der Waals surface area contributed by atoms with E-state index in [0.717, 1.165) is 22.3 Å². The van der Waals surface area contributed by atoms with Crippen molar-refractivity contribution in [2.45, 2.75) is 181 Å². The average molecular weight is 951 g/mol. The highest BCUT2D eigenvalue weighted by Gasteiger charge is 2.51. The molecule has 0 saturated carbocycles. The Morgan fingerprint density at radius 1 is 0.544 bits per heavy atom. The van der Waals surface area contributed by atoms with Gasteiger partial charge in [-0.05, 0) is 94.2 Å². The molecule has 0 spiro atoms. The van der Waals surface area contributed by atoms with Crippen LogP contribution in [0.5, 0.6) is 0 Å². The lowest BCUT2D eigenvalue weighted by molar-refractivity contribution is -0.313. The topological polar surface area (TPSA) is 298 Å². The molecular weight excluding hydrogens is 885 g/mol. The molecule has 10 atom stereocenters. The van der Waals surface area contributed by atoms with Gasteiger partial charge in [0.2, 0.25) is 11.6 Å². The Hall–Kier alpha value is -5.14. The van der Waals surface area contributed by atoms with E-state index in [-0.39, 0.29) is 25.3 Å². The number of carbonyl (C=O) groups excluding carboxylic acids is 2. The molecule has 2 saturated heterocycles. The number of benzene rings is 2. The van der Waals surface area contributed by atoms with Gasteiger partial charge in [-0.3, -0.25) is 9.59 Å². The van der Waals surface area contributed by atoms with Crippen LogP contribution in [0.3, 0.4) is 0 Å². The van der Waals surface area contributed by atoms with Crippen LogP contribution >= 0.6 is 0 Å². The molecule has 22 heteroatoms. The van der Waals surface area contributed by atoms with Crippen LogP contribution in [0.2, 0.25) is 0 Å². The number of hydrogen-bond donors (Lipinski definition) is 6. The van der Waals surface area contributed by atoms with E-state index < -0.39 is 84.4 Å². The Bertz CT molecular complexity index is 2050. The molecule has 0 radical (unpaired) electrons. The van der Waals surface area contributed by atoms with Crippen molar-refractivity contribution in [1.82, 2.24) is 51.4 Å². The summed E-state index contributed by atoms with van der Waals surface area (Å²) in [5.41, 5.74) is 1.77. The second kappa shape index (κ2) is 23.4. The number of nitrogens with one attached hydrogen (secondary N) is 2. The Labute approximate surface area is 395 Å². The van der Waals surface area contributed by atoms with Crippen LogP contribution in [0, 0.1) is 13.8 Å². The molecule has 4 heterocycles. The number of hydrogen-bond acceptors (Lipinski definition) is 20. The van der Waals surface area contributed by atoms with Crippen LogP contribution in [0.4, 0.5) is 0 Å². The van der Waals surface area contributed by atoms with Gasteiger partial charge in [-0.15, -0.1) is 40.8 Å². The maximum absolute atomic E-state index is 13.1. The van der Waals surface area contributed by atoms with Crippen molar-refractivity contribution in [3.63, 3.8) is 0 Å². The highest BCUT2D eigenvalue weighted by molar-refractivity contribution is 5.82. The molecular formula is C46H66N10O12. The molecule has 2 aromatic carbocycles. The predicted octanol–water partition coefficient (Wildman–Crippen LogP) is 1.83. The van der Waals surface area contributed by atoms with Gasteiger partial charge >= 0.3 is 0 Å². The Morgan fingerprint density at radius 2 is 0.853 bits per heavy atom. The fourth-order valence-electron chi connectivity index (χ4n) is 6.85. The van der Waals surface area contributed by atoms with E-state index in [2.05, 4.69) is 51.4 Å². The third kappa shape index (κ3) is 15.4. The summed E-state index contributed by atoms with van der Waals surface area (Å²) in [5.74, 6) is 0.806. The minimum absolute atomic E-state index is 0.209. The summed E-state index contributed by atoms with van der Waals surface area (Å²) >= 11 is 0. The molecule has 2 aromatic heterocycles. The monoisotopic (exact) mass is 950 g/mol. The first-order valence-electron chi connectivity index (χ1n) is 22.4. The van der Waals surface area contributed by atoms with E-state index in [1.54, 1.807) is 83.1 Å². The summed E-state index contributed by atoms with van der Waals surface area (Å²) in [6.45, 7) is 21.7. The lowest BCUT2D eigenvalue weighted by Gasteiger charge is -2.44. The van der Waals surface area contributed by atoms with E-state index in [0.29, 0.717) is 23.3 Å². The van der Waals surface area contributed by atoms with Gasteiger partial charge in [0.15, 0.2) is 36.4 Å². The van der Waals surface area contributed by atoms with Gasteiger partial charge < -0.3 is 59.5 Å². The third-order valence-electron chi connectivity index (χ3n) is 9.91. The fourth-order valence-corrected chi connectivity index (χ4v) is 6.85. The van der Waals surface area contributed by atoms with Crippen LogP contribution in [0.15, 0.2) is 48.5 Å². The number of amides is 2. The second-order valence-corrected chi connectivity index (χ2v) is 18.9. The van der Waals surface area contributed by atoms with Crippen molar-refractivity contribution in [1.29, 1.82) is 0 Å². The van der Waals surface area contributed by atoms with Crippen LogP contribution in [0.25, 0.3) is 22.8 Å². The number of ether oxygens (including phenoxy) is 6. The van der Waals surface area contributed by atoms with Crippen molar-refractivity contribution in [2.75, 3.05) is 0 Å². The van der Waals surface area contributed by atoms with E-state index >= 15 is 0 Å². The van der Waals surface area contributed by atoms with Gasteiger partial charge in [0.1, 0.15) is 36.6 Å². The molecule has 4 unspecified atom stereocenters. The SMILES string of the molecule is Cc1nnc(-c2ccc(CNC(=O)C3O[C@@H](OC(C)C)[C@H](O)C(O)[C@@H]3OC(C)(C)C)cc2)nn1.Cc1nnc(-c2ccc(CNC(=O)C3O[C@@H](OC(C)C)[C@H](O)C(O)[C@@H]3OC(C)(C)C)cc2)nn1. The number of aliphatic hydroxyl groups excluding tert-OH is 4. The lowest BCUT2D eigenvalue weighted by Crippen LogP contribution is -2.64. The van der Waals surface area contributed by atoms with E-state index in [1.807, 2.05) is 48.5 Å². The zero-order valence-electron chi connectivity index (χ0n) is 40.6. The Morgan fingerprint density at radius 3 is 1.13 bits per heavy atom. The quantitative estimate of drug-likeness (QED) is 0.105. The molecule has 372 valence electrons. The summed E-state index contributed by atoms with van der Waals surface area (Å²) in [4.78, 5) is 26.1. The van der Waals surface area contributed by atoms with Gasteiger partial charge in [0.25, 0.3) is 11.8 Å². The number of aliphatic hydroxyl groups is 4. The predicted molar refractivity (Wildman–Crippen MR) is 242 cm³/mol. The van der Waals surface area contributed by atoms with Gasteiger partial charge in [0, 0.05) is 24.2 Å². The van der Waals surface area contributed by atoms with Gasteiger partial charge in [0.05, 0.1) is 23.4 Å². The molecule has 68 heavy (non-hydrogen) atoms. The first-order valence-corrected chi connectivity index (χ1v) is 22.4. The normalized spacial score (nSPS) is 25.4. The van der Waals surface area contributed by atoms with Crippen molar-refractivity contribution in [3.05, 3.63) is 71.3 Å². The van der Waals surface area contributed by atoms with Crippen molar-refractivity contribution in [3.8, 4) is 22.8 Å².